The van der Waals surface area contributed by atoms with Crippen LogP contribution in [-0.4, -0.2) is 23.6 Å². The molecule has 0 unspecified atom stereocenters. The second-order valence-electron chi connectivity index (χ2n) is 4.98. The maximum absolute atomic E-state index is 5.13. The summed E-state index contributed by atoms with van der Waals surface area (Å²) in [6.45, 7) is 5.71. The van der Waals surface area contributed by atoms with Crippen molar-refractivity contribution >= 4 is 5.82 Å². The number of hydrogen-bond acceptors (Lipinski definition) is 4. The lowest BCUT2D eigenvalue weighted by molar-refractivity contribution is 0.185. The molecule has 0 aliphatic rings. The van der Waals surface area contributed by atoms with E-state index < -0.39 is 0 Å². The smallest absolute Gasteiger partial charge is 0.161 e. The molecule has 112 valence electrons. The van der Waals surface area contributed by atoms with Crippen molar-refractivity contribution in [2.24, 2.45) is 0 Å². The van der Waals surface area contributed by atoms with Crippen LogP contribution in [0, 0.1) is 0 Å². The first-order valence-electron chi connectivity index (χ1n) is 7.46. The molecule has 2 rings (SSSR count). The van der Waals surface area contributed by atoms with Crippen molar-refractivity contribution in [3.05, 3.63) is 41.6 Å². The Labute approximate surface area is 126 Å². The number of aryl methyl sites for hydroxylation is 1. The molecule has 1 aromatic heterocycles. The number of methoxy groups -OCH3 is 1. The summed E-state index contributed by atoms with van der Waals surface area (Å²) < 4.78 is 5.13. The fraction of sp³-hybridized carbons (Fsp3) is 0.412. The Morgan fingerprint density at radius 1 is 1.10 bits per heavy atom. The van der Waals surface area contributed by atoms with Crippen LogP contribution in [0.2, 0.25) is 0 Å². The molecule has 0 fully saturated rings. The number of aromatic nitrogens is 2. The monoisotopic (exact) mass is 285 g/mol. The molecule has 0 spiro atoms. The maximum Gasteiger partial charge on any atom is 0.161 e. The predicted molar refractivity (Wildman–Crippen MR) is 86.3 cm³/mol. The van der Waals surface area contributed by atoms with E-state index >= 15 is 0 Å². The summed E-state index contributed by atoms with van der Waals surface area (Å²) in [4.78, 5) is 9.27. The Kier molecular flexibility index (Phi) is 5.69. The van der Waals surface area contributed by atoms with Crippen LogP contribution in [0.5, 0.6) is 0 Å². The van der Waals surface area contributed by atoms with E-state index in [4.69, 9.17) is 4.74 Å². The third-order valence-electron chi connectivity index (χ3n) is 3.17. The molecule has 21 heavy (non-hydrogen) atoms. The lowest BCUT2D eigenvalue weighted by atomic mass is 10.1. The Hall–Kier alpha value is -1.94. The molecule has 0 saturated carbocycles. The van der Waals surface area contributed by atoms with E-state index in [-0.39, 0.29) is 0 Å². The number of rotatable bonds is 7. The second-order valence-corrected chi connectivity index (χ2v) is 4.98. The van der Waals surface area contributed by atoms with Gasteiger partial charge in [-0.3, -0.25) is 0 Å². The minimum absolute atomic E-state index is 0.625. The molecule has 0 bridgehead atoms. The van der Waals surface area contributed by atoms with E-state index in [0.717, 1.165) is 47.8 Å². The van der Waals surface area contributed by atoms with Crippen molar-refractivity contribution in [2.75, 3.05) is 19.0 Å². The lowest BCUT2D eigenvalue weighted by Crippen LogP contribution is -2.04. The van der Waals surface area contributed by atoms with Gasteiger partial charge >= 0.3 is 0 Å². The van der Waals surface area contributed by atoms with Crippen molar-refractivity contribution < 1.29 is 4.74 Å². The van der Waals surface area contributed by atoms with Gasteiger partial charge in [0.05, 0.1) is 6.61 Å². The largest absolute Gasteiger partial charge is 0.380 e. The Morgan fingerprint density at radius 2 is 1.86 bits per heavy atom. The van der Waals surface area contributed by atoms with Crippen molar-refractivity contribution in [3.63, 3.8) is 0 Å². The zero-order chi connectivity index (χ0) is 15.1. The molecule has 1 heterocycles. The van der Waals surface area contributed by atoms with Gasteiger partial charge in [-0.25, -0.2) is 9.97 Å². The first-order valence-corrected chi connectivity index (χ1v) is 7.46. The van der Waals surface area contributed by atoms with Crippen LogP contribution < -0.4 is 5.32 Å². The second kappa shape index (κ2) is 7.74. The van der Waals surface area contributed by atoms with E-state index in [1.807, 2.05) is 6.07 Å². The third-order valence-corrected chi connectivity index (χ3v) is 3.17. The summed E-state index contributed by atoms with van der Waals surface area (Å²) in [6.07, 6.45) is 2.05. The van der Waals surface area contributed by atoms with Crippen molar-refractivity contribution in [1.82, 2.24) is 9.97 Å². The summed E-state index contributed by atoms with van der Waals surface area (Å²) in [7, 11) is 1.70. The number of anilines is 1. The van der Waals surface area contributed by atoms with Crippen LogP contribution in [0.15, 0.2) is 30.3 Å². The molecule has 0 saturated heterocycles. The minimum Gasteiger partial charge on any atom is -0.380 e. The number of ether oxygens (including phenoxy) is 1. The van der Waals surface area contributed by atoms with Crippen molar-refractivity contribution in [2.45, 2.75) is 33.3 Å². The molecular weight excluding hydrogens is 262 g/mol. The van der Waals surface area contributed by atoms with Gasteiger partial charge in [0.25, 0.3) is 0 Å². The standard InChI is InChI=1S/C17H23N3O/c1-4-6-15-11-16(18-5-2)20-17(19-15)14-9-7-13(8-10-14)12-21-3/h7-11H,4-6,12H2,1-3H3,(H,18,19,20). The van der Waals surface area contributed by atoms with Gasteiger partial charge in [-0.2, -0.15) is 0 Å². The molecule has 0 atom stereocenters. The number of benzene rings is 1. The molecule has 4 heteroatoms. The Balaban J connectivity index is 2.32. The quantitative estimate of drug-likeness (QED) is 0.843. The van der Waals surface area contributed by atoms with Gasteiger partial charge in [-0.15, -0.1) is 0 Å². The van der Waals surface area contributed by atoms with Crippen molar-refractivity contribution in [3.8, 4) is 11.4 Å². The van der Waals surface area contributed by atoms with Gasteiger partial charge in [0.1, 0.15) is 5.82 Å². The molecule has 4 nitrogen and oxygen atoms in total. The van der Waals surface area contributed by atoms with Gasteiger partial charge in [0, 0.05) is 31.0 Å². The number of hydrogen-bond donors (Lipinski definition) is 1. The molecular formula is C17H23N3O. The van der Waals surface area contributed by atoms with Crippen LogP contribution in [0.25, 0.3) is 11.4 Å². The average molecular weight is 285 g/mol. The highest BCUT2D eigenvalue weighted by Crippen LogP contribution is 2.19. The normalized spacial score (nSPS) is 10.6. The topological polar surface area (TPSA) is 47.0 Å². The highest BCUT2D eigenvalue weighted by Gasteiger charge is 2.06. The molecule has 0 radical (unpaired) electrons. The Morgan fingerprint density at radius 3 is 2.48 bits per heavy atom. The summed E-state index contributed by atoms with van der Waals surface area (Å²) in [5.74, 6) is 1.67. The summed E-state index contributed by atoms with van der Waals surface area (Å²) in [6, 6.07) is 10.3. The lowest BCUT2D eigenvalue weighted by Gasteiger charge is -2.09. The van der Waals surface area contributed by atoms with Crippen LogP contribution in [0.3, 0.4) is 0 Å². The molecule has 0 amide bonds. The van der Waals surface area contributed by atoms with Crippen LogP contribution >= 0.6 is 0 Å². The highest BCUT2D eigenvalue weighted by atomic mass is 16.5. The van der Waals surface area contributed by atoms with Crippen LogP contribution in [0.1, 0.15) is 31.5 Å². The summed E-state index contributed by atoms with van der Waals surface area (Å²) in [5.41, 5.74) is 3.27. The maximum atomic E-state index is 5.13. The fourth-order valence-electron chi connectivity index (χ4n) is 2.20. The number of nitrogens with zero attached hydrogens (tertiary/aromatic N) is 2. The average Bonchev–Trinajstić information content (AvgIpc) is 2.49. The Bertz CT molecular complexity index is 542. The third kappa shape index (κ3) is 4.26. The van der Waals surface area contributed by atoms with Gasteiger partial charge in [-0.1, -0.05) is 37.6 Å². The van der Waals surface area contributed by atoms with Crippen molar-refractivity contribution in [1.29, 1.82) is 0 Å². The molecule has 0 aliphatic carbocycles. The summed E-state index contributed by atoms with van der Waals surface area (Å²) >= 11 is 0. The first kappa shape index (κ1) is 15.4. The first-order chi connectivity index (χ1) is 10.3. The van der Waals surface area contributed by atoms with Gasteiger partial charge in [-0.05, 0) is 18.9 Å². The molecule has 1 aromatic carbocycles. The molecule has 2 aromatic rings. The zero-order valence-electron chi connectivity index (χ0n) is 13.0. The van der Waals surface area contributed by atoms with E-state index in [0.29, 0.717) is 6.61 Å². The molecule has 1 N–H and O–H groups in total. The van der Waals surface area contributed by atoms with E-state index in [9.17, 15) is 0 Å². The van der Waals surface area contributed by atoms with E-state index in [1.165, 1.54) is 0 Å². The van der Waals surface area contributed by atoms with Crippen LogP contribution in [-0.2, 0) is 17.8 Å². The SMILES string of the molecule is CCCc1cc(NCC)nc(-c2ccc(COC)cc2)n1. The van der Waals surface area contributed by atoms with E-state index in [1.54, 1.807) is 7.11 Å². The highest BCUT2D eigenvalue weighted by molar-refractivity contribution is 5.58. The van der Waals surface area contributed by atoms with Gasteiger partial charge in [0.15, 0.2) is 5.82 Å². The van der Waals surface area contributed by atoms with Crippen LogP contribution in [0.4, 0.5) is 5.82 Å². The minimum atomic E-state index is 0.625. The number of nitrogens with one attached hydrogen (secondary N) is 1. The summed E-state index contributed by atoms with van der Waals surface area (Å²) in [5, 5.41) is 3.28. The molecule has 0 aliphatic heterocycles. The van der Waals surface area contributed by atoms with Gasteiger partial charge in [0.2, 0.25) is 0 Å². The zero-order valence-corrected chi connectivity index (χ0v) is 13.0. The van der Waals surface area contributed by atoms with Gasteiger partial charge < -0.3 is 10.1 Å². The fourth-order valence-corrected chi connectivity index (χ4v) is 2.20. The predicted octanol–water partition coefficient (Wildman–Crippen LogP) is 3.67. The van der Waals surface area contributed by atoms with E-state index in [2.05, 4.69) is 53.4 Å².